The number of amides is 2. The standard InChI is InChI=1S/C16H20N2O4/c1-10(19)18-14-4-2-3-11(7-14)9-17-15(20)12-5-6-13(8-12)16(21)22/h2-4,7,12-13H,5-6,8-9H2,1H3,(H,17,20)(H,18,19)(H,21,22)/t12-,13+/m1/s1. The Labute approximate surface area is 128 Å². The lowest BCUT2D eigenvalue weighted by atomic mass is 10.0. The number of hydrogen-bond donors (Lipinski definition) is 3. The van der Waals surface area contributed by atoms with Gasteiger partial charge in [-0.2, -0.15) is 0 Å². The van der Waals surface area contributed by atoms with E-state index in [1.165, 1.54) is 6.92 Å². The van der Waals surface area contributed by atoms with Gasteiger partial charge in [0, 0.05) is 25.1 Å². The second-order valence-corrected chi connectivity index (χ2v) is 5.64. The Morgan fingerprint density at radius 2 is 1.95 bits per heavy atom. The first-order chi connectivity index (χ1) is 10.5. The molecule has 2 amide bonds. The molecule has 1 aromatic rings. The van der Waals surface area contributed by atoms with Crippen LogP contribution in [-0.2, 0) is 20.9 Å². The van der Waals surface area contributed by atoms with E-state index in [1.54, 1.807) is 12.1 Å². The van der Waals surface area contributed by atoms with Crippen LogP contribution in [0.25, 0.3) is 0 Å². The van der Waals surface area contributed by atoms with E-state index in [1.807, 2.05) is 12.1 Å². The van der Waals surface area contributed by atoms with Gasteiger partial charge in [0.25, 0.3) is 0 Å². The number of benzene rings is 1. The molecule has 1 aliphatic rings. The minimum absolute atomic E-state index is 0.103. The third kappa shape index (κ3) is 4.31. The smallest absolute Gasteiger partial charge is 0.306 e. The molecule has 0 bridgehead atoms. The third-order valence-electron chi connectivity index (χ3n) is 3.87. The largest absolute Gasteiger partial charge is 0.481 e. The molecule has 2 rings (SSSR count). The lowest BCUT2D eigenvalue weighted by molar-refractivity contribution is -0.141. The quantitative estimate of drug-likeness (QED) is 0.772. The molecule has 1 aromatic carbocycles. The number of carbonyl (C=O) groups is 3. The number of nitrogens with one attached hydrogen (secondary N) is 2. The molecule has 0 aliphatic heterocycles. The van der Waals surface area contributed by atoms with Crippen LogP contribution in [0.3, 0.4) is 0 Å². The Balaban J connectivity index is 1.86. The molecule has 22 heavy (non-hydrogen) atoms. The SMILES string of the molecule is CC(=O)Nc1cccc(CNC(=O)[C@@H]2CC[C@H](C(=O)O)C2)c1. The molecule has 2 atom stereocenters. The van der Waals surface area contributed by atoms with Crippen LogP contribution in [-0.4, -0.2) is 22.9 Å². The number of hydrogen-bond acceptors (Lipinski definition) is 3. The molecule has 1 saturated carbocycles. The van der Waals surface area contributed by atoms with Gasteiger partial charge in [-0.1, -0.05) is 12.1 Å². The van der Waals surface area contributed by atoms with Crippen LogP contribution in [0.15, 0.2) is 24.3 Å². The van der Waals surface area contributed by atoms with E-state index < -0.39 is 11.9 Å². The van der Waals surface area contributed by atoms with Crippen molar-refractivity contribution in [3.05, 3.63) is 29.8 Å². The van der Waals surface area contributed by atoms with Gasteiger partial charge in [0.2, 0.25) is 11.8 Å². The van der Waals surface area contributed by atoms with Gasteiger partial charge in [0.05, 0.1) is 5.92 Å². The van der Waals surface area contributed by atoms with Crippen molar-refractivity contribution >= 4 is 23.5 Å². The monoisotopic (exact) mass is 304 g/mol. The van der Waals surface area contributed by atoms with Gasteiger partial charge in [-0.05, 0) is 37.0 Å². The highest BCUT2D eigenvalue weighted by Gasteiger charge is 2.33. The minimum atomic E-state index is -0.821. The van der Waals surface area contributed by atoms with E-state index in [0.717, 1.165) is 5.56 Å². The summed E-state index contributed by atoms with van der Waals surface area (Å²) in [6.45, 7) is 1.80. The maximum atomic E-state index is 12.1. The maximum Gasteiger partial charge on any atom is 0.306 e. The Morgan fingerprint density at radius 3 is 2.59 bits per heavy atom. The van der Waals surface area contributed by atoms with Crippen LogP contribution < -0.4 is 10.6 Å². The Kier molecular flexibility index (Phi) is 5.14. The maximum absolute atomic E-state index is 12.1. The second kappa shape index (κ2) is 7.06. The van der Waals surface area contributed by atoms with E-state index in [2.05, 4.69) is 10.6 Å². The zero-order valence-corrected chi connectivity index (χ0v) is 12.5. The molecular weight excluding hydrogens is 284 g/mol. The molecule has 0 spiro atoms. The molecule has 0 radical (unpaired) electrons. The number of aliphatic carboxylic acids is 1. The molecule has 0 saturated heterocycles. The van der Waals surface area contributed by atoms with Gasteiger partial charge in [-0.15, -0.1) is 0 Å². The molecule has 118 valence electrons. The van der Waals surface area contributed by atoms with Crippen molar-refractivity contribution in [1.82, 2.24) is 5.32 Å². The zero-order valence-electron chi connectivity index (χ0n) is 12.5. The Morgan fingerprint density at radius 1 is 1.23 bits per heavy atom. The summed E-state index contributed by atoms with van der Waals surface area (Å²) >= 11 is 0. The highest BCUT2D eigenvalue weighted by Crippen LogP contribution is 2.31. The van der Waals surface area contributed by atoms with Gasteiger partial charge in [0.1, 0.15) is 0 Å². The van der Waals surface area contributed by atoms with Crippen LogP contribution in [0.4, 0.5) is 5.69 Å². The van der Waals surface area contributed by atoms with Crippen LogP contribution in [0.5, 0.6) is 0 Å². The molecule has 0 heterocycles. The first-order valence-electron chi connectivity index (χ1n) is 7.32. The van der Waals surface area contributed by atoms with Crippen LogP contribution in [0.2, 0.25) is 0 Å². The number of carbonyl (C=O) groups excluding carboxylic acids is 2. The number of anilines is 1. The van der Waals surface area contributed by atoms with Crippen molar-refractivity contribution in [2.24, 2.45) is 11.8 Å². The number of rotatable bonds is 5. The van der Waals surface area contributed by atoms with E-state index in [0.29, 0.717) is 31.5 Å². The van der Waals surface area contributed by atoms with Crippen LogP contribution in [0.1, 0.15) is 31.7 Å². The molecule has 0 unspecified atom stereocenters. The van der Waals surface area contributed by atoms with Gasteiger partial charge in [-0.25, -0.2) is 0 Å². The molecule has 0 aromatic heterocycles. The fourth-order valence-electron chi connectivity index (χ4n) is 2.74. The van der Waals surface area contributed by atoms with Crippen molar-refractivity contribution in [3.8, 4) is 0 Å². The van der Waals surface area contributed by atoms with Gasteiger partial charge in [0.15, 0.2) is 0 Å². The highest BCUT2D eigenvalue weighted by atomic mass is 16.4. The number of carboxylic acids is 1. The summed E-state index contributed by atoms with van der Waals surface area (Å²) in [6, 6.07) is 7.25. The predicted molar refractivity (Wildman–Crippen MR) is 81.1 cm³/mol. The first-order valence-corrected chi connectivity index (χ1v) is 7.32. The van der Waals surface area contributed by atoms with Gasteiger partial charge < -0.3 is 15.7 Å². The zero-order chi connectivity index (χ0) is 16.1. The summed E-state index contributed by atoms with van der Waals surface area (Å²) in [4.78, 5) is 34.0. The fraction of sp³-hybridized carbons (Fsp3) is 0.438. The van der Waals surface area contributed by atoms with Crippen molar-refractivity contribution in [1.29, 1.82) is 0 Å². The van der Waals surface area contributed by atoms with Crippen LogP contribution in [0, 0.1) is 11.8 Å². The van der Waals surface area contributed by atoms with E-state index >= 15 is 0 Å². The van der Waals surface area contributed by atoms with Crippen molar-refractivity contribution in [3.63, 3.8) is 0 Å². The Hall–Kier alpha value is -2.37. The topological polar surface area (TPSA) is 95.5 Å². The Bertz CT molecular complexity index is 585. The summed E-state index contributed by atoms with van der Waals surface area (Å²) in [5, 5.41) is 14.5. The van der Waals surface area contributed by atoms with Crippen LogP contribution >= 0.6 is 0 Å². The van der Waals surface area contributed by atoms with E-state index in [9.17, 15) is 14.4 Å². The lowest BCUT2D eigenvalue weighted by Crippen LogP contribution is -2.29. The molecular formula is C16H20N2O4. The molecule has 6 nitrogen and oxygen atoms in total. The first kappa shape index (κ1) is 16.0. The molecule has 1 fully saturated rings. The van der Waals surface area contributed by atoms with Crippen molar-refractivity contribution < 1.29 is 19.5 Å². The van der Waals surface area contributed by atoms with Gasteiger partial charge in [-0.3, -0.25) is 14.4 Å². The molecule has 3 N–H and O–H groups in total. The summed E-state index contributed by atoms with van der Waals surface area (Å²) in [6.07, 6.45) is 1.59. The highest BCUT2D eigenvalue weighted by molar-refractivity contribution is 5.88. The minimum Gasteiger partial charge on any atom is -0.481 e. The third-order valence-corrected chi connectivity index (χ3v) is 3.87. The predicted octanol–water partition coefficient (Wildman–Crippen LogP) is 1.76. The average molecular weight is 304 g/mol. The normalized spacial score (nSPS) is 20.4. The van der Waals surface area contributed by atoms with Crippen molar-refractivity contribution in [2.75, 3.05) is 5.32 Å². The average Bonchev–Trinajstić information content (AvgIpc) is 2.94. The summed E-state index contributed by atoms with van der Waals surface area (Å²) in [5.41, 5.74) is 1.57. The van der Waals surface area contributed by atoms with E-state index in [-0.39, 0.29) is 17.7 Å². The number of carboxylic acid groups (broad SMARTS) is 1. The summed E-state index contributed by atoms with van der Waals surface area (Å²) < 4.78 is 0. The molecule has 6 heteroatoms. The fourth-order valence-corrected chi connectivity index (χ4v) is 2.74. The summed E-state index contributed by atoms with van der Waals surface area (Å²) in [5.74, 6) is -1.70. The summed E-state index contributed by atoms with van der Waals surface area (Å²) in [7, 11) is 0. The second-order valence-electron chi connectivity index (χ2n) is 5.64. The lowest BCUT2D eigenvalue weighted by Gasteiger charge is -2.11. The van der Waals surface area contributed by atoms with Crippen molar-refractivity contribution in [2.45, 2.75) is 32.7 Å². The van der Waals surface area contributed by atoms with E-state index in [4.69, 9.17) is 5.11 Å². The molecule has 1 aliphatic carbocycles. The van der Waals surface area contributed by atoms with Gasteiger partial charge >= 0.3 is 5.97 Å².